The Bertz CT molecular complexity index is 716. The summed E-state index contributed by atoms with van der Waals surface area (Å²) in [5.41, 5.74) is 1.85. The van der Waals surface area contributed by atoms with Crippen molar-refractivity contribution in [3.05, 3.63) is 63.6 Å². The molecule has 0 saturated heterocycles. The highest BCUT2D eigenvalue weighted by molar-refractivity contribution is 7.11. The van der Waals surface area contributed by atoms with Crippen LogP contribution in [0.4, 0.5) is 0 Å². The molecular formula is C15H16N4OS. The van der Waals surface area contributed by atoms with Crippen LogP contribution < -0.4 is 0 Å². The first-order chi connectivity index (χ1) is 10.1. The summed E-state index contributed by atoms with van der Waals surface area (Å²) < 4.78 is 1.84. The molecule has 0 saturated carbocycles. The van der Waals surface area contributed by atoms with Crippen molar-refractivity contribution in [1.29, 1.82) is 0 Å². The molecule has 21 heavy (non-hydrogen) atoms. The van der Waals surface area contributed by atoms with Gasteiger partial charge >= 0.3 is 0 Å². The van der Waals surface area contributed by atoms with Crippen LogP contribution in [0, 0.1) is 13.8 Å². The molecule has 0 spiro atoms. The summed E-state index contributed by atoms with van der Waals surface area (Å²) in [7, 11) is 0. The lowest BCUT2D eigenvalue weighted by molar-refractivity contribution is 0.204. The van der Waals surface area contributed by atoms with E-state index in [1.54, 1.807) is 17.7 Å². The first-order valence-electron chi connectivity index (χ1n) is 6.69. The number of hydrogen-bond donors (Lipinski definition) is 1. The molecule has 0 radical (unpaired) electrons. The Balaban J connectivity index is 1.87. The van der Waals surface area contributed by atoms with Gasteiger partial charge in [-0.2, -0.15) is 0 Å². The maximum atomic E-state index is 10.5. The molecule has 1 unspecified atom stereocenters. The molecule has 1 atom stereocenters. The number of aliphatic hydroxyl groups is 1. The van der Waals surface area contributed by atoms with Gasteiger partial charge in [0.1, 0.15) is 17.4 Å². The van der Waals surface area contributed by atoms with E-state index in [9.17, 15) is 5.11 Å². The van der Waals surface area contributed by atoms with Crippen LogP contribution in [-0.4, -0.2) is 24.9 Å². The number of aryl methyl sites for hydroxylation is 2. The molecule has 0 aliphatic rings. The Morgan fingerprint density at radius 1 is 1.24 bits per heavy atom. The molecule has 6 heteroatoms. The van der Waals surface area contributed by atoms with E-state index in [0.29, 0.717) is 12.4 Å². The van der Waals surface area contributed by atoms with Gasteiger partial charge in [-0.15, -0.1) is 21.5 Å². The minimum atomic E-state index is -0.782. The van der Waals surface area contributed by atoms with Gasteiger partial charge in [0, 0.05) is 4.88 Å². The van der Waals surface area contributed by atoms with Gasteiger partial charge < -0.3 is 9.67 Å². The van der Waals surface area contributed by atoms with Crippen molar-refractivity contribution in [2.45, 2.75) is 26.5 Å². The van der Waals surface area contributed by atoms with Crippen LogP contribution in [0.3, 0.4) is 0 Å². The van der Waals surface area contributed by atoms with Crippen molar-refractivity contribution >= 4 is 11.3 Å². The molecule has 3 aromatic rings. The highest BCUT2D eigenvalue weighted by Crippen LogP contribution is 2.22. The van der Waals surface area contributed by atoms with E-state index in [-0.39, 0.29) is 0 Å². The highest BCUT2D eigenvalue weighted by Gasteiger charge is 2.18. The molecule has 3 rings (SSSR count). The summed E-state index contributed by atoms with van der Waals surface area (Å²) >= 11 is 1.66. The lowest BCUT2D eigenvalue weighted by Gasteiger charge is -2.11. The normalized spacial score (nSPS) is 12.5. The zero-order valence-corrected chi connectivity index (χ0v) is 12.7. The van der Waals surface area contributed by atoms with Gasteiger partial charge in [-0.25, -0.2) is 4.98 Å². The summed E-state index contributed by atoms with van der Waals surface area (Å²) in [6, 6.07) is 9.46. The Hall–Kier alpha value is -2.05. The lowest BCUT2D eigenvalue weighted by atomic mass is 10.1. The third kappa shape index (κ3) is 2.86. The molecule has 2 aromatic heterocycles. The van der Waals surface area contributed by atoms with Crippen molar-refractivity contribution in [3.63, 3.8) is 0 Å². The summed E-state index contributed by atoms with van der Waals surface area (Å²) in [5, 5.41) is 19.4. The van der Waals surface area contributed by atoms with Gasteiger partial charge in [0.05, 0.1) is 12.2 Å². The standard InChI is InChI=1S/C15H16N4OS/c1-10-11(2)21-13(17-10)8-19-9-16-18-15(19)14(20)12-6-4-3-5-7-12/h3-7,9,14,20H,8H2,1-2H3. The number of benzene rings is 1. The van der Waals surface area contributed by atoms with Gasteiger partial charge in [-0.1, -0.05) is 30.3 Å². The number of hydrogen-bond acceptors (Lipinski definition) is 5. The highest BCUT2D eigenvalue weighted by atomic mass is 32.1. The van der Waals surface area contributed by atoms with E-state index >= 15 is 0 Å². The lowest BCUT2D eigenvalue weighted by Crippen LogP contribution is -2.10. The van der Waals surface area contributed by atoms with Crippen molar-refractivity contribution in [2.24, 2.45) is 0 Å². The number of aliphatic hydroxyl groups excluding tert-OH is 1. The Kier molecular flexibility index (Phi) is 3.81. The van der Waals surface area contributed by atoms with Gasteiger partial charge in [0.2, 0.25) is 0 Å². The van der Waals surface area contributed by atoms with Crippen LogP contribution in [0.25, 0.3) is 0 Å². The van der Waals surface area contributed by atoms with E-state index in [4.69, 9.17) is 0 Å². The van der Waals surface area contributed by atoms with Crippen molar-refractivity contribution in [3.8, 4) is 0 Å². The quantitative estimate of drug-likeness (QED) is 0.804. The smallest absolute Gasteiger partial charge is 0.166 e. The van der Waals surface area contributed by atoms with E-state index in [0.717, 1.165) is 16.3 Å². The molecule has 0 aliphatic heterocycles. The molecule has 0 amide bonds. The molecule has 0 bridgehead atoms. The molecule has 5 nitrogen and oxygen atoms in total. The number of aromatic nitrogens is 4. The SMILES string of the molecule is Cc1nc(Cn2cnnc2C(O)c2ccccc2)sc1C. The number of thiazole rings is 1. The maximum absolute atomic E-state index is 10.5. The predicted octanol–water partition coefficient (Wildman–Crippen LogP) is 2.48. The molecule has 1 N–H and O–H groups in total. The first kappa shape index (κ1) is 13.9. The average Bonchev–Trinajstić information content (AvgIpc) is 3.07. The Morgan fingerprint density at radius 3 is 2.67 bits per heavy atom. The van der Waals surface area contributed by atoms with Gasteiger partial charge in [-0.05, 0) is 19.4 Å². The van der Waals surface area contributed by atoms with Gasteiger partial charge in [0.15, 0.2) is 5.82 Å². The second kappa shape index (κ2) is 5.75. The summed E-state index contributed by atoms with van der Waals surface area (Å²) in [6.07, 6.45) is 0.851. The number of nitrogens with zero attached hydrogens (tertiary/aromatic N) is 4. The fourth-order valence-electron chi connectivity index (χ4n) is 2.13. The number of rotatable bonds is 4. The summed E-state index contributed by atoms with van der Waals surface area (Å²) in [5.74, 6) is 0.534. The first-order valence-corrected chi connectivity index (χ1v) is 7.50. The summed E-state index contributed by atoms with van der Waals surface area (Å²) in [4.78, 5) is 5.73. The van der Waals surface area contributed by atoms with E-state index in [1.165, 1.54) is 4.88 Å². The van der Waals surface area contributed by atoms with Crippen LogP contribution >= 0.6 is 11.3 Å². The van der Waals surface area contributed by atoms with Gasteiger partial charge in [0.25, 0.3) is 0 Å². The van der Waals surface area contributed by atoms with Gasteiger partial charge in [-0.3, -0.25) is 0 Å². The molecule has 108 valence electrons. The molecule has 0 aliphatic carbocycles. The van der Waals surface area contributed by atoms with Crippen molar-refractivity contribution < 1.29 is 5.11 Å². The molecule has 0 fully saturated rings. The van der Waals surface area contributed by atoms with Crippen LogP contribution in [-0.2, 0) is 6.54 Å². The average molecular weight is 300 g/mol. The predicted molar refractivity (Wildman–Crippen MR) is 81.2 cm³/mol. The molecule has 2 heterocycles. The van der Waals surface area contributed by atoms with Crippen LogP contribution in [0.15, 0.2) is 36.7 Å². The second-order valence-electron chi connectivity index (χ2n) is 4.88. The molecular weight excluding hydrogens is 284 g/mol. The van der Waals surface area contributed by atoms with Crippen molar-refractivity contribution in [2.75, 3.05) is 0 Å². The van der Waals surface area contributed by atoms with Crippen LogP contribution in [0.5, 0.6) is 0 Å². The maximum Gasteiger partial charge on any atom is 0.166 e. The fourth-order valence-corrected chi connectivity index (χ4v) is 3.07. The Labute approximate surface area is 126 Å². The zero-order valence-electron chi connectivity index (χ0n) is 11.9. The fraction of sp³-hybridized carbons (Fsp3) is 0.267. The third-order valence-electron chi connectivity index (χ3n) is 3.38. The Morgan fingerprint density at radius 2 is 2.00 bits per heavy atom. The minimum absolute atomic E-state index is 0.534. The minimum Gasteiger partial charge on any atom is -0.380 e. The topological polar surface area (TPSA) is 63.8 Å². The zero-order chi connectivity index (χ0) is 14.8. The van der Waals surface area contributed by atoms with Crippen molar-refractivity contribution in [1.82, 2.24) is 19.7 Å². The van der Waals surface area contributed by atoms with Crippen LogP contribution in [0.2, 0.25) is 0 Å². The summed E-state index contributed by atoms with van der Waals surface area (Å²) in [6.45, 7) is 4.63. The second-order valence-corrected chi connectivity index (χ2v) is 6.17. The third-order valence-corrected chi connectivity index (χ3v) is 4.44. The largest absolute Gasteiger partial charge is 0.380 e. The molecule has 1 aromatic carbocycles. The van der Waals surface area contributed by atoms with E-state index < -0.39 is 6.10 Å². The van der Waals surface area contributed by atoms with Crippen LogP contribution in [0.1, 0.15) is 33.1 Å². The van der Waals surface area contributed by atoms with E-state index in [1.807, 2.05) is 41.8 Å². The van der Waals surface area contributed by atoms with E-state index in [2.05, 4.69) is 22.1 Å². The monoisotopic (exact) mass is 300 g/mol.